The quantitative estimate of drug-likeness (QED) is 0.568. The molecule has 1 atom stereocenters. The minimum Gasteiger partial charge on any atom is -0.367 e. The number of halogens is 2. The molecule has 6 nitrogen and oxygen atoms in total. The second-order valence-corrected chi connectivity index (χ2v) is 8.18. The van der Waals surface area contributed by atoms with E-state index in [2.05, 4.69) is 15.5 Å². The van der Waals surface area contributed by atoms with Crippen LogP contribution in [0.3, 0.4) is 0 Å². The van der Waals surface area contributed by atoms with Gasteiger partial charge in [-0.2, -0.15) is 5.10 Å². The van der Waals surface area contributed by atoms with Crippen LogP contribution in [0.2, 0.25) is 0 Å². The Bertz CT molecular complexity index is 1060. The molecule has 3 aromatic rings. The van der Waals surface area contributed by atoms with Crippen LogP contribution in [0.25, 0.3) is 10.7 Å². The molecule has 1 aromatic carbocycles. The van der Waals surface area contributed by atoms with Gasteiger partial charge in [0.05, 0.1) is 4.88 Å². The lowest BCUT2D eigenvalue weighted by Gasteiger charge is -2.20. The largest absolute Gasteiger partial charge is 0.367 e. The Kier molecular flexibility index (Phi) is 5.46. The van der Waals surface area contributed by atoms with Gasteiger partial charge in [0.25, 0.3) is 0 Å². The lowest BCUT2D eigenvalue weighted by atomic mass is 10.2. The first-order valence-corrected chi connectivity index (χ1v) is 10.5. The highest BCUT2D eigenvalue weighted by Gasteiger charge is 2.24. The number of thiophene rings is 1. The maximum absolute atomic E-state index is 14.5. The number of anilines is 2. The molecule has 0 saturated carbocycles. The second kappa shape index (κ2) is 8.03. The zero-order valence-electron chi connectivity index (χ0n) is 15.6. The predicted octanol–water partition coefficient (Wildman–Crippen LogP) is 4.75. The number of H-pyrrole nitrogens is 1. The van der Waals surface area contributed by atoms with Crippen LogP contribution >= 0.6 is 23.6 Å². The molecule has 1 amide bonds. The van der Waals surface area contributed by atoms with Crippen LogP contribution in [-0.4, -0.2) is 33.8 Å². The number of carbonyl (C=O) groups excluding carboxylic acids is 1. The predicted molar refractivity (Wildman–Crippen MR) is 112 cm³/mol. The van der Waals surface area contributed by atoms with Crippen molar-refractivity contribution in [3.63, 3.8) is 0 Å². The molecule has 1 aliphatic rings. The summed E-state index contributed by atoms with van der Waals surface area (Å²) in [7, 11) is 0. The Morgan fingerprint density at radius 2 is 2.00 bits per heavy atom. The fourth-order valence-electron chi connectivity index (χ4n) is 3.49. The summed E-state index contributed by atoms with van der Waals surface area (Å²) in [5, 5.41) is 11.4. The van der Waals surface area contributed by atoms with Crippen LogP contribution in [0, 0.1) is 16.4 Å². The van der Waals surface area contributed by atoms with Crippen molar-refractivity contribution >= 4 is 40.8 Å². The lowest BCUT2D eigenvalue weighted by Crippen LogP contribution is -2.25. The van der Waals surface area contributed by atoms with Crippen molar-refractivity contribution in [2.24, 2.45) is 0 Å². The van der Waals surface area contributed by atoms with Gasteiger partial charge in [-0.15, -0.1) is 11.3 Å². The van der Waals surface area contributed by atoms with Gasteiger partial charge < -0.3 is 10.2 Å². The molecule has 3 heterocycles. The number of benzene rings is 1. The topological polar surface area (TPSA) is 66.0 Å². The fraction of sp³-hybridized carbons (Fsp3) is 0.316. The van der Waals surface area contributed by atoms with E-state index >= 15 is 0 Å². The molecule has 0 bridgehead atoms. The SMILES string of the molecule is CC(C(=O)Nc1cc(F)c(N2CCCC2)c(F)c1)n1c(-c2cccs2)n[nH]c1=S. The lowest BCUT2D eigenvalue weighted by molar-refractivity contribution is -0.118. The highest BCUT2D eigenvalue weighted by molar-refractivity contribution is 7.71. The maximum Gasteiger partial charge on any atom is 0.247 e. The summed E-state index contributed by atoms with van der Waals surface area (Å²) >= 11 is 6.74. The number of rotatable bonds is 5. The third-order valence-electron chi connectivity index (χ3n) is 4.92. The molecule has 1 fully saturated rings. The Morgan fingerprint density at radius 3 is 2.62 bits per heavy atom. The number of nitrogens with one attached hydrogen (secondary N) is 2. The molecular formula is C19H19F2N5OS2. The van der Waals surface area contributed by atoms with E-state index in [4.69, 9.17) is 12.2 Å². The van der Waals surface area contributed by atoms with Gasteiger partial charge in [0.1, 0.15) is 11.7 Å². The van der Waals surface area contributed by atoms with Gasteiger partial charge in [-0.1, -0.05) is 6.07 Å². The van der Waals surface area contributed by atoms with Crippen molar-refractivity contribution in [2.75, 3.05) is 23.3 Å². The standard InChI is InChI=1S/C19H19F2N5OS2/c1-11(26-17(23-24-19(26)28)15-5-4-8-29-15)18(27)22-12-9-13(20)16(14(21)10-12)25-6-2-3-7-25/h4-5,8-11H,2-3,6-7H2,1H3,(H,22,27)(H,24,28). The Hall–Kier alpha value is -2.59. The molecule has 152 valence electrons. The Morgan fingerprint density at radius 1 is 1.31 bits per heavy atom. The van der Waals surface area contributed by atoms with Crippen LogP contribution in [0.5, 0.6) is 0 Å². The van der Waals surface area contributed by atoms with Gasteiger partial charge in [-0.25, -0.2) is 8.78 Å². The molecule has 1 saturated heterocycles. The van der Waals surface area contributed by atoms with E-state index in [0.717, 1.165) is 29.9 Å². The minimum atomic E-state index is -0.734. The summed E-state index contributed by atoms with van der Waals surface area (Å²) < 4.78 is 30.9. The van der Waals surface area contributed by atoms with E-state index < -0.39 is 23.6 Å². The first-order chi connectivity index (χ1) is 14.0. The molecule has 0 spiro atoms. The zero-order chi connectivity index (χ0) is 20.5. The summed E-state index contributed by atoms with van der Waals surface area (Å²) in [4.78, 5) is 15.3. The average molecular weight is 436 g/mol. The van der Waals surface area contributed by atoms with E-state index in [1.54, 1.807) is 16.4 Å². The van der Waals surface area contributed by atoms with Crippen molar-refractivity contribution in [3.8, 4) is 10.7 Å². The number of aromatic nitrogens is 3. The summed E-state index contributed by atoms with van der Waals surface area (Å²) in [6.45, 7) is 2.91. The van der Waals surface area contributed by atoms with Gasteiger partial charge >= 0.3 is 0 Å². The molecule has 2 aromatic heterocycles. The van der Waals surface area contributed by atoms with Crippen molar-refractivity contribution in [1.82, 2.24) is 14.8 Å². The molecule has 1 unspecified atom stereocenters. The van der Waals surface area contributed by atoms with E-state index in [1.807, 2.05) is 17.5 Å². The molecule has 4 rings (SSSR count). The van der Waals surface area contributed by atoms with Gasteiger partial charge in [0.2, 0.25) is 5.91 Å². The minimum absolute atomic E-state index is 0.0365. The smallest absolute Gasteiger partial charge is 0.247 e. The van der Waals surface area contributed by atoms with Crippen molar-refractivity contribution in [1.29, 1.82) is 0 Å². The van der Waals surface area contributed by atoms with Crippen LogP contribution in [0.4, 0.5) is 20.2 Å². The molecular weight excluding hydrogens is 416 g/mol. The summed E-state index contributed by atoms with van der Waals surface area (Å²) in [5.74, 6) is -1.29. The summed E-state index contributed by atoms with van der Waals surface area (Å²) in [6.07, 6.45) is 1.82. The van der Waals surface area contributed by atoms with E-state index in [9.17, 15) is 13.6 Å². The molecule has 0 radical (unpaired) electrons. The third-order valence-corrected chi connectivity index (χ3v) is 6.07. The summed E-state index contributed by atoms with van der Waals surface area (Å²) in [5.41, 5.74) is 0.0260. The van der Waals surface area contributed by atoms with Crippen molar-refractivity contribution < 1.29 is 13.6 Å². The molecule has 2 N–H and O–H groups in total. The maximum atomic E-state index is 14.5. The van der Waals surface area contributed by atoms with Gasteiger partial charge in [-0.05, 0) is 55.6 Å². The highest BCUT2D eigenvalue weighted by Crippen LogP contribution is 2.30. The molecule has 29 heavy (non-hydrogen) atoms. The van der Waals surface area contributed by atoms with Crippen LogP contribution < -0.4 is 10.2 Å². The Balaban J connectivity index is 1.57. The van der Waals surface area contributed by atoms with E-state index in [1.165, 1.54) is 11.3 Å². The monoisotopic (exact) mass is 435 g/mol. The average Bonchev–Trinajstić information content (AvgIpc) is 3.42. The number of hydrogen-bond donors (Lipinski definition) is 2. The van der Waals surface area contributed by atoms with E-state index in [0.29, 0.717) is 18.9 Å². The second-order valence-electron chi connectivity index (χ2n) is 6.85. The van der Waals surface area contributed by atoms with E-state index in [-0.39, 0.29) is 16.1 Å². The molecule has 10 heteroatoms. The van der Waals surface area contributed by atoms with Crippen molar-refractivity contribution in [3.05, 3.63) is 46.1 Å². The first kappa shape index (κ1) is 19.7. The zero-order valence-corrected chi connectivity index (χ0v) is 17.2. The molecule has 1 aliphatic heterocycles. The third kappa shape index (κ3) is 3.82. The van der Waals surface area contributed by atoms with Gasteiger partial charge in [0, 0.05) is 18.8 Å². The van der Waals surface area contributed by atoms with Crippen LogP contribution in [0.1, 0.15) is 25.8 Å². The number of carbonyl (C=O) groups is 1. The summed E-state index contributed by atoms with van der Waals surface area (Å²) in [6, 6.07) is 5.31. The van der Waals surface area contributed by atoms with Gasteiger partial charge in [0.15, 0.2) is 22.2 Å². The number of nitrogens with zero attached hydrogens (tertiary/aromatic N) is 3. The highest BCUT2D eigenvalue weighted by atomic mass is 32.1. The normalized spacial score (nSPS) is 14.9. The number of amides is 1. The van der Waals surface area contributed by atoms with Gasteiger partial charge in [-0.3, -0.25) is 14.5 Å². The fourth-order valence-corrected chi connectivity index (χ4v) is 4.49. The van der Waals surface area contributed by atoms with Crippen LogP contribution in [-0.2, 0) is 4.79 Å². The Labute approximate surface area is 175 Å². The molecule has 0 aliphatic carbocycles. The van der Waals surface area contributed by atoms with Crippen LogP contribution in [0.15, 0.2) is 29.6 Å². The van der Waals surface area contributed by atoms with Crippen molar-refractivity contribution in [2.45, 2.75) is 25.8 Å². The number of hydrogen-bond acceptors (Lipinski definition) is 5. The number of aromatic amines is 1. The first-order valence-electron chi connectivity index (χ1n) is 9.21.